The summed E-state index contributed by atoms with van der Waals surface area (Å²) in [4.78, 5) is 44.6. The fourth-order valence-corrected chi connectivity index (χ4v) is 5.33. The summed E-state index contributed by atoms with van der Waals surface area (Å²) in [6.45, 7) is 2.86. The van der Waals surface area contributed by atoms with Gasteiger partial charge in [-0.25, -0.2) is 0 Å². The van der Waals surface area contributed by atoms with Gasteiger partial charge in [0, 0.05) is 13.1 Å². The van der Waals surface area contributed by atoms with Crippen LogP contribution >= 0.6 is 0 Å². The highest BCUT2D eigenvalue weighted by molar-refractivity contribution is 6.17. The van der Waals surface area contributed by atoms with Gasteiger partial charge in [0.15, 0.2) is 0 Å². The summed E-state index contributed by atoms with van der Waals surface area (Å²) < 4.78 is 0. The highest BCUT2D eigenvalue weighted by Gasteiger charge is 2.59. The lowest BCUT2D eigenvalue weighted by Gasteiger charge is -2.36. The molecule has 0 aromatic heterocycles. The molecular weight excluding hydrogens is 424 g/mol. The van der Waals surface area contributed by atoms with Gasteiger partial charge in [0.05, 0.1) is 12.5 Å². The molecule has 5 heteroatoms. The van der Waals surface area contributed by atoms with E-state index in [1.807, 2.05) is 85.8 Å². The van der Waals surface area contributed by atoms with E-state index in [1.54, 1.807) is 4.90 Å². The number of benzene rings is 3. The summed E-state index contributed by atoms with van der Waals surface area (Å²) >= 11 is 0. The minimum Gasteiger partial charge on any atom is -0.337 e. The zero-order valence-electron chi connectivity index (χ0n) is 19.3. The van der Waals surface area contributed by atoms with E-state index in [1.165, 1.54) is 10.5 Å². The molecule has 5 rings (SSSR count). The van der Waals surface area contributed by atoms with E-state index < -0.39 is 11.5 Å². The molecule has 2 aliphatic rings. The molecule has 0 unspecified atom stereocenters. The Morgan fingerprint density at radius 1 is 0.882 bits per heavy atom. The number of hydrogen-bond acceptors (Lipinski definition) is 3. The number of hydrogen-bond donors (Lipinski definition) is 0. The molecule has 34 heavy (non-hydrogen) atoms. The van der Waals surface area contributed by atoms with Gasteiger partial charge in [-0.1, -0.05) is 84.9 Å². The minimum atomic E-state index is -1.42. The van der Waals surface area contributed by atoms with E-state index in [0.29, 0.717) is 13.1 Å². The molecule has 3 aromatic carbocycles. The molecule has 0 saturated carbocycles. The van der Waals surface area contributed by atoms with E-state index in [0.717, 1.165) is 23.1 Å². The van der Waals surface area contributed by atoms with Crippen LogP contribution < -0.4 is 0 Å². The van der Waals surface area contributed by atoms with Gasteiger partial charge in [0.2, 0.25) is 17.7 Å². The van der Waals surface area contributed by atoms with Gasteiger partial charge >= 0.3 is 0 Å². The lowest BCUT2D eigenvalue weighted by Crippen LogP contribution is -2.51. The van der Waals surface area contributed by atoms with Crippen LogP contribution in [0.2, 0.25) is 0 Å². The Morgan fingerprint density at radius 3 is 2.21 bits per heavy atom. The lowest BCUT2D eigenvalue weighted by atomic mass is 9.78. The summed E-state index contributed by atoms with van der Waals surface area (Å²) in [6, 6.07) is 26.7. The summed E-state index contributed by atoms with van der Waals surface area (Å²) in [6.07, 6.45) is 0.859. The maximum atomic E-state index is 14.1. The highest BCUT2D eigenvalue weighted by atomic mass is 16.2. The van der Waals surface area contributed by atoms with Crippen molar-refractivity contribution in [3.63, 3.8) is 0 Å². The van der Waals surface area contributed by atoms with Crippen LogP contribution in [0.5, 0.6) is 0 Å². The second-order valence-corrected chi connectivity index (χ2v) is 9.32. The van der Waals surface area contributed by atoms with Crippen molar-refractivity contribution in [2.24, 2.45) is 5.41 Å². The summed E-state index contributed by atoms with van der Waals surface area (Å²) in [5.74, 6) is -0.920. The molecule has 3 aromatic rings. The molecule has 0 spiro atoms. The normalized spacial score (nSPS) is 20.9. The van der Waals surface area contributed by atoms with Crippen LogP contribution in [-0.4, -0.2) is 34.1 Å². The molecule has 2 aliphatic heterocycles. The van der Waals surface area contributed by atoms with Crippen LogP contribution in [0.3, 0.4) is 0 Å². The predicted octanol–water partition coefficient (Wildman–Crippen LogP) is 4.32. The maximum Gasteiger partial charge on any atom is 0.246 e. The highest BCUT2D eigenvalue weighted by Crippen LogP contribution is 2.42. The zero-order valence-corrected chi connectivity index (χ0v) is 19.3. The second kappa shape index (κ2) is 8.90. The number of nitrogens with zero attached hydrogens (tertiary/aromatic N) is 2. The van der Waals surface area contributed by atoms with E-state index >= 15 is 0 Å². The number of likely N-dealkylation sites (tertiary alicyclic amines) is 1. The van der Waals surface area contributed by atoms with Gasteiger partial charge in [0.1, 0.15) is 5.41 Å². The third-order valence-corrected chi connectivity index (χ3v) is 7.20. The Labute approximate surface area is 200 Å². The van der Waals surface area contributed by atoms with Crippen LogP contribution in [-0.2, 0) is 33.8 Å². The fraction of sp³-hybridized carbons (Fsp3) is 0.276. The van der Waals surface area contributed by atoms with Crippen LogP contribution in [0, 0.1) is 5.41 Å². The third-order valence-electron chi connectivity index (χ3n) is 7.20. The smallest absolute Gasteiger partial charge is 0.246 e. The molecule has 3 amide bonds. The van der Waals surface area contributed by atoms with Gasteiger partial charge in [-0.3, -0.25) is 19.3 Å². The van der Waals surface area contributed by atoms with Crippen molar-refractivity contribution < 1.29 is 14.4 Å². The minimum absolute atomic E-state index is 0.102. The topological polar surface area (TPSA) is 57.7 Å². The number of carbonyl (C=O) groups excluding carboxylic acids is 3. The van der Waals surface area contributed by atoms with Crippen molar-refractivity contribution in [3.8, 4) is 0 Å². The molecule has 5 nitrogen and oxygen atoms in total. The molecule has 1 saturated heterocycles. The molecule has 172 valence electrons. The van der Waals surface area contributed by atoms with Crippen LogP contribution in [0.25, 0.3) is 0 Å². The van der Waals surface area contributed by atoms with E-state index in [9.17, 15) is 14.4 Å². The average molecular weight is 453 g/mol. The Kier molecular flexibility index (Phi) is 5.78. The molecule has 0 N–H and O–H groups in total. The third kappa shape index (κ3) is 3.81. The first kappa shape index (κ1) is 22.1. The maximum absolute atomic E-state index is 14.1. The summed E-state index contributed by atoms with van der Waals surface area (Å²) in [7, 11) is 0. The van der Waals surface area contributed by atoms with Gasteiger partial charge < -0.3 is 4.90 Å². The van der Waals surface area contributed by atoms with Crippen molar-refractivity contribution >= 4 is 17.7 Å². The Morgan fingerprint density at radius 2 is 1.50 bits per heavy atom. The van der Waals surface area contributed by atoms with Crippen molar-refractivity contribution in [3.05, 3.63) is 107 Å². The van der Waals surface area contributed by atoms with Crippen molar-refractivity contribution in [2.75, 3.05) is 6.54 Å². The average Bonchev–Trinajstić information content (AvgIpc) is 3.13. The molecule has 0 aliphatic carbocycles. The number of fused-ring (bicyclic) bond motifs is 1. The van der Waals surface area contributed by atoms with Crippen LogP contribution in [0.4, 0.5) is 0 Å². The Hall–Kier alpha value is -3.73. The molecule has 0 radical (unpaired) electrons. The first-order valence-corrected chi connectivity index (χ1v) is 11.8. The van der Waals surface area contributed by atoms with Gasteiger partial charge in [-0.05, 0) is 42.0 Å². The Balaban J connectivity index is 1.51. The molecular formula is C29H28N2O3. The van der Waals surface area contributed by atoms with Crippen molar-refractivity contribution in [1.82, 2.24) is 9.80 Å². The quantitative estimate of drug-likeness (QED) is 0.428. The first-order valence-electron chi connectivity index (χ1n) is 11.8. The number of rotatable bonds is 5. The molecule has 2 heterocycles. The zero-order chi connectivity index (χ0) is 23.7. The van der Waals surface area contributed by atoms with Crippen LogP contribution in [0.1, 0.15) is 41.6 Å². The largest absolute Gasteiger partial charge is 0.337 e. The van der Waals surface area contributed by atoms with Crippen molar-refractivity contribution in [1.29, 1.82) is 0 Å². The summed E-state index contributed by atoms with van der Waals surface area (Å²) in [5, 5.41) is 0. The number of carbonyl (C=O) groups is 3. The van der Waals surface area contributed by atoms with E-state index in [-0.39, 0.29) is 30.6 Å². The number of amides is 3. The second-order valence-electron chi connectivity index (χ2n) is 9.32. The van der Waals surface area contributed by atoms with Crippen LogP contribution in [0.15, 0.2) is 84.9 Å². The standard InChI is InChI=1S/C29H28N2O3/c1-21(23-12-6-3-7-13-23)31-26(32)19-29(28(31)34,18-22-10-4-2-5-11-22)27(33)30-17-16-24-14-8-9-15-25(24)20-30/h2-15,21H,16-20H2,1H3/t21-,29-/m1/s1. The van der Waals surface area contributed by atoms with Gasteiger partial charge in [-0.15, -0.1) is 0 Å². The van der Waals surface area contributed by atoms with E-state index in [2.05, 4.69) is 6.07 Å². The molecule has 0 bridgehead atoms. The lowest BCUT2D eigenvalue weighted by molar-refractivity contribution is -0.153. The first-order chi connectivity index (χ1) is 16.5. The monoisotopic (exact) mass is 452 g/mol. The van der Waals surface area contributed by atoms with E-state index in [4.69, 9.17) is 0 Å². The SMILES string of the molecule is C[C@H](c1ccccc1)N1C(=O)C[C@](Cc2ccccc2)(C(=O)N2CCc3ccccc3C2)C1=O. The fourth-order valence-electron chi connectivity index (χ4n) is 5.33. The van der Waals surface area contributed by atoms with Gasteiger partial charge in [0.25, 0.3) is 0 Å². The number of imide groups is 1. The predicted molar refractivity (Wildman–Crippen MR) is 129 cm³/mol. The summed E-state index contributed by atoms with van der Waals surface area (Å²) in [5.41, 5.74) is 2.66. The molecule has 1 fully saturated rings. The Bertz CT molecular complexity index is 1220. The van der Waals surface area contributed by atoms with Gasteiger partial charge in [-0.2, -0.15) is 0 Å². The molecule has 2 atom stereocenters. The van der Waals surface area contributed by atoms with Crippen molar-refractivity contribution in [2.45, 2.75) is 38.8 Å².